The first-order chi connectivity index (χ1) is 12.3. The van der Waals surface area contributed by atoms with Crippen molar-refractivity contribution in [1.29, 1.82) is 0 Å². The summed E-state index contributed by atoms with van der Waals surface area (Å²) in [4.78, 5) is 14.1. The Morgan fingerprint density at radius 1 is 1.08 bits per heavy atom. The lowest BCUT2D eigenvalue weighted by atomic mass is 10.2. The summed E-state index contributed by atoms with van der Waals surface area (Å²) >= 11 is 0. The number of hydrogen-bond acceptors (Lipinski definition) is 7. The van der Waals surface area contributed by atoms with E-state index in [1.165, 1.54) is 13.2 Å². The number of H-pyrrole nitrogens is 1. The number of fused-ring (bicyclic) bond motifs is 1. The van der Waals surface area contributed by atoms with E-state index in [1.54, 1.807) is 24.3 Å². The number of aromatic hydroxyl groups is 1. The highest BCUT2D eigenvalue weighted by Crippen LogP contribution is 2.32. The van der Waals surface area contributed by atoms with Gasteiger partial charge in [0.05, 0.1) is 23.2 Å². The fourth-order valence-electron chi connectivity index (χ4n) is 2.25. The molecule has 0 saturated carbocycles. The molecular formula is C16H13N3O6S. The quantitative estimate of drug-likeness (QED) is 0.473. The van der Waals surface area contributed by atoms with Crippen molar-refractivity contribution >= 4 is 32.4 Å². The number of pyridine rings is 1. The van der Waals surface area contributed by atoms with Crippen LogP contribution in [0.15, 0.2) is 62.4 Å². The Hall–Kier alpha value is -3.24. The van der Waals surface area contributed by atoms with Gasteiger partial charge < -0.3 is 14.8 Å². The van der Waals surface area contributed by atoms with Crippen molar-refractivity contribution < 1.29 is 22.8 Å². The van der Waals surface area contributed by atoms with Crippen molar-refractivity contribution in [2.24, 2.45) is 10.2 Å². The lowest BCUT2D eigenvalue weighted by molar-refractivity contribution is 0.415. The summed E-state index contributed by atoms with van der Waals surface area (Å²) in [6.07, 6.45) is 0. The third-order valence-electron chi connectivity index (χ3n) is 3.57. The molecule has 0 unspecified atom stereocenters. The number of azo groups is 1. The molecule has 0 fully saturated rings. The van der Waals surface area contributed by atoms with E-state index in [0.29, 0.717) is 11.4 Å². The van der Waals surface area contributed by atoms with Crippen LogP contribution >= 0.6 is 0 Å². The maximum absolute atomic E-state index is 12.1. The Bertz CT molecular complexity index is 1170. The topological polar surface area (TPSA) is 141 Å². The van der Waals surface area contributed by atoms with Gasteiger partial charge in [-0.25, -0.2) is 0 Å². The molecule has 0 amide bonds. The normalized spacial score (nSPS) is 11.9. The number of rotatable bonds is 4. The minimum atomic E-state index is -4.46. The van der Waals surface area contributed by atoms with Crippen molar-refractivity contribution in [2.45, 2.75) is 4.90 Å². The number of nitrogens with one attached hydrogen (secondary N) is 1. The van der Waals surface area contributed by atoms with Gasteiger partial charge in [0.15, 0.2) is 11.4 Å². The molecule has 3 N–H and O–H groups in total. The van der Waals surface area contributed by atoms with E-state index in [0.717, 1.165) is 12.1 Å². The summed E-state index contributed by atoms with van der Waals surface area (Å²) in [5, 5.41) is 17.9. The molecule has 0 atom stereocenters. The molecule has 0 spiro atoms. The summed E-state index contributed by atoms with van der Waals surface area (Å²) in [5.41, 5.74) is -0.493. The van der Waals surface area contributed by atoms with Crippen LogP contribution in [0.4, 0.5) is 11.4 Å². The number of hydrogen-bond donors (Lipinski definition) is 3. The van der Waals surface area contributed by atoms with Crippen LogP contribution in [-0.4, -0.2) is 30.2 Å². The largest absolute Gasteiger partial charge is 0.505 e. The fraction of sp³-hybridized carbons (Fsp3) is 0.0625. The zero-order chi connectivity index (χ0) is 18.9. The predicted molar refractivity (Wildman–Crippen MR) is 93.2 cm³/mol. The maximum Gasteiger partial charge on any atom is 0.294 e. The second-order valence-corrected chi connectivity index (χ2v) is 6.65. The van der Waals surface area contributed by atoms with Gasteiger partial charge in [-0.3, -0.25) is 9.35 Å². The molecule has 134 valence electrons. The van der Waals surface area contributed by atoms with Crippen molar-refractivity contribution in [3.8, 4) is 11.5 Å². The predicted octanol–water partition coefficient (Wildman–Crippen LogP) is 2.90. The Kier molecular flexibility index (Phi) is 4.45. The van der Waals surface area contributed by atoms with Crippen LogP contribution in [0.2, 0.25) is 0 Å². The highest BCUT2D eigenvalue weighted by Gasteiger charge is 2.16. The van der Waals surface area contributed by atoms with Crippen molar-refractivity contribution in [2.75, 3.05) is 7.11 Å². The first-order valence-corrected chi connectivity index (χ1v) is 8.66. The second kappa shape index (κ2) is 6.58. The lowest BCUT2D eigenvalue weighted by Gasteiger charge is -2.05. The minimum absolute atomic E-state index is 0.00315. The average molecular weight is 375 g/mol. The lowest BCUT2D eigenvalue weighted by Crippen LogP contribution is -2.06. The van der Waals surface area contributed by atoms with E-state index in [1.807, 2.05) is 0 Å². The van der Waals surface area contributed by atoms with E-state index in [4.69, 9.17) is 9.29 Å². The Balaban J connectivity index is 2.09. The molecule has 3 rings (SSSR count). The van der Waals surface area contributed by atoms with Gasteiger partial charge in [-0.05, 0) is 42.5 Å². The summed E-state index contributed by atoms with van der Waals surface area (Å²) in [6.45, 7) is 0. The van der Waals surface area contributed by atoms with E-state index in [9.17, 15) is 18.3 Å². The summed E-state index contributed by atoms with van der Waals surface area (Å²) in [5.74, 6) is 0.0691. The molecule has 1 heterocycles. The van der Waals surface area contributed by atoms with Crippen molar-refractivity contribution in [3.63, 3.8) is 0 Å². The molecule has 3 aromatic rings. The number of aromatic nitrogens is 1. The number of ether oxygens (including phenoxy) is 1. The maximum atomic E-state index is 12.1. The minimum Gasteiger partial charge on any atom is -0.505 e. The van der Waals surface area contributed by atoms with Gasteiger partial charge in [-0.2, -0.15) is 13.5 Å². The summed E-state index contributed by atoms with van der Waals surface area (Å²) in [7, 11) is -2.95. The molecule has 0 aliphatic carbocycles. The van der Waals surface area contributed by atoms with Crippen molar-refractivity contribution in [1.82, 2.24) is 4.98 Å². The van der Waals surface area contributed by atoms with Gasteiger partial charge in [0, 0.05) is 5.39 Å². The number of nitrogens with zero attached hydrogens (tertiary/aromatic N) is 2. The van der Waals surface area contributed by atoms with Crippen molar-refractivity contribution in [3.05, 3.63) is 52.8 Å². The first kappa shape index (κ1) is 17.6. The van der Waals surface area contributed by atoms with Gasteiger partial charge in [0.1, 0.15) is 5.75 Å². The molecule has 26 heavy (non-hydrogen) atoms. The fourth-order valence-corrected chi connectivity index (χ4v) is 2.76. The molecule has 2 aromatic carbocycles. The Labute approximate surface area is 147 Å². The van der Waals surface area contributed by atoms with Crippen LogP contribution in [-0.2, 0) is 10.1 Å². The average Bonchev–Trinajstić information content (AvgIpc) is 2.61. The van der Waals surface area contributed by atoms with Gasteiger partial charge in [0.25, 0.3) is 15.7 Å². The molecule has 0 aliphatic rings. The Morgan fingerprint density at radius 2 is 1.77 bits per heavy atom. The molecule has 10 heteroatoms. The molecular weight excluding hydrogens is 362 g/mol. The number of aromatic amines is 1. The highest BCUT2D eigenvalue weighted by molar-refractivity contribution is 7.85. The van der Waals surface area contributed by atoms with Crippen LogP contribution in [0.1, 0.15) is 0 Å². The molecule has 0 saturated heterocycles. The summed E-state index contributed by atoms with van der Waals surface area (Å²) < 4.78 is 36.6. The Morgan fingerprint density at radius 3 is 2.38 bits per heavy atom. The van der Waals surface area contributed by atoms with E-state index >= 15 is 0 Å². The second-order valence-electron chi connectivity index (χ2n) is 5.23. The molecule has 0 aliphatic heterocycles. The molecule has 0 radical (unpaired) electrons. The third kappa shape index (κ3) is 3.41. The molecule has 0 bridgehead atoms. The van der Waals surface area contributed by atoms with E-state index < -0.39 is 26.3 Å². The van der Waals surface area contributed by atoms with Crippen LogP contribution in [0.5, 0.6) is 11.5 Å². The smallest absolute Gasteiger partial charge is 0.294 e. The third-order valence-corrected chi connectivity index (χ3v) is 4.42. The SMILES string of the molecule is COc1ccc(N=Nc2c(O)c3cc(S(=O)(=O)O)ccc3[nH]c2=O)cc1. The zero-order valence-corrected chi connectivity index (χ0v) is 14.2. The van der Waals surface area contributed by atoms with Gasteiger partial charge in [-0.15, -0.1) is 5.11 Å². The van der Waals surface area contributed by atoms with Crippen LogP contribution in [0.25, 0.3) is 10.9 Å². The zero-order valence-electron chi connectivity index (χ0n) is 13.4. The van der Waals surface area contributed by atoms with Gasteiger partial charge in [0.2, 0.25) is 0 Å². The van der Waals surface area contributed by atoms with E-state index in [2.05, 4.69) is 15.2 Å². The number of methoxy groups -OCH3 is 1. The van der Waals surface area contributed by atoms with Crippen LogP contribution in [0.3, 0.4) is 0 Å². The van der Waals surface area contributed by atoms with Gasteiger partial charge in [-0.1, -0.05) is 0 Å². The van der Waals surface area contributed by atoms with E-state index in [-0.39, 0.29) is 16.6 Å². The summed E-state index contributed by atoms with van der Waals surface area (Å²) in [6, 6.07) is 9.89. The first-order valence-electron chi connectivity index (χ1n) is 7.22. The number of benzene rings is 2. The molecule has 9 nitrogen and oxygen atoms in total. The standard InChI is InChI=1S/C16H13N3O6S/c1-25-10-4-2-9(3-5-10)18-19-14-15(20)12-8-11(26(22,23)24)6-7-13(12)17-16(14)21/h2-8H,1H3,(H2,17,20,21)(H,22,23,24). The molecule has 1 aromatic heterocycles. The van der Waals surface area contributed by atoms with Crippen LogP contribution < -0.4 is 10.3 Å². The van der Waals surface area contributed by atoms with Crippen LogP contribution in [0, 0.1) is 0 Å². The monoisotopic (exact) mass is 375 g/mol. The van der Waals surface area contributed by atoms with Gasteiger partial charge >= 0.3 is 0 Å². The highest BCUT2D eigenvalue weighted by atomic mass is 32.2.